The second-order valence-electron chi connectivity index (χ2n) is 4.96. The van der Waals surface area contributed by atoms with Crippen molar-refractivity contribution >= 4 is 0 Å². The lowest BCUT2D eigenvalue weighted by molar-refractivity contribution is 0.175. The first-order valence-electron chi connectivity index (χ1n) is 7.11. The third-order valence-corrected chi connectivity index (χ3v) is 3.17. The summed E-state index contributed by atoms with van der Waals surface area (Å²) in [6.07, 6.45) is -0.401. The van der Waals surface area contributed by atoms with Gasteiger partial charge >= 0.3 is 0 Å². The number of nitrogens with zero attached hydrogens (tertiary/aromatic N) is 4. The molecule has 0 bridgehead atoms. The predicted octanol–water partition coefficient (Wildman–Crippen LogP) is 2.98. The topological polar surface area (TPSA) is 83.2 Å². The largest absolute Gasteiger partial charge is 0.497 e. The molecule has 0 spiro atoms. The highest BCUT2D eigenvalue weighted by atomic mass is 16.5. The second-order valence-corrected chi connectivity index (χ2v) is 4.96. The zero-order valence-electron chi connectivity index (χ0n) is 13.1. The summed E-state index contributed by atoms with van der Waals surface area (Å²) in [5.41, 5.74) is 1.38. The summed E-state index contributed by atoms with van der Waals surface area (Å²) in [4.78, 5) is 4.31. The van der Waals surface area contributed by atoms with E-state index < -0.39 is 6.10 Å². The van der Waals surface area contributed by atoms with Gasteiger partial charge in [0, 0.05) is 6.07 Å². The molecule has 0 unspecified atom stereocenters. The molecule has 3 rings (SSSR count). The van der Waals surface area contributed by atoms with Gasteiger partial charge in [0.2, 0.25) is 5.82 Å². The van der Waals surface area contributed by atoms with E-state index in [2.05, 4.69) is 20.3 Å². The fourth-order valence-electron chi connectivity index (χ4n) is 1.95. The van der Waals surface area contributed by atoms with Gasteiger partial charge in [-0.25, -0.2) is 0 Å². The Bertz CT molecular complexity index is 786. The maximum atomic E-state index is 5.80. The summed E-state index contributed by atoms with van der Waals surface area (Å²) in [6, 6.07) is 11.0. The molecule has 0 amide bonds. The van der Waals surface area contributed by atoms with E-state index in [4.69, 9.17) is 14.0 Å². The van der Waals surface area contributed by atoms with Crippen molar-refractivity contribution in [3.05, 3.63) is 48.0 Å². The third kappa shape index (κ3) is 3.45. The molecule has 7 nitrogen and oxygen atoms in total. The van der Waals surface area contributed by atoms with E-state index in [0.717, 1.165) is 11.4 Å². The Labute approximate surface area is 133 Å². The van der Waals surface area contributed by atoms with Crippen molar-refractivity contribution in [3.8, 4) is 23.0 Å². The highest BCUT2D eigenvalue weighted by molar-refractivity contribution is 5.46. The number of hydrogen-bond acceptors (Lipinski definition) is 7. The molecule has 2 aromatic heterocycles. The molecule has 1 atom stereocenters. The second kappa shape index (κ2) is 6.43. The van der Waals surface area contributed by atoms with Crippen LogP contribution < -0.4 is 9.47 Å². The average Bonchev–Trinajstić information content (AvgIpc) is 3.06. The van der Waals surface area contributed by atoms with Crippen molar-refractivity contribution in [2.75, 3.05) is 7.11 Å². The standard InChI is InChI=1S/C16H16N4O3/c1-10-7-8-14(19-18-10)15-17-16(23-20-15)11(2)22-13-6-4-5-12(9-13)21-3/h4-9,11H,1-3H3/t11-/m1/s1. The quantitative estimate of drug-likeness (QED) is 0.716. The average molecular weight is 312 g/mol. The molecule has 118 valence electrons. The third-order valence-electron chi connectivity index (χ3n) is 3.17. The molecular weight excluding hydrogens is 296 g/mol. The molecule has 1 aromatic carbocycles. The lowest BCUT2D eigenvalue weighted by atomic mass is 10.3. The molecule has 2 heterocycles. The predicted molar refractivity (Wildman–Crippen MR) is 82.1 cm³/mol. The van der Waals surface area contributed by atoms with Crippen molar-refractivity contribution in [1.82, 2.24) is 20.3 Å². The lowest BCUT2D eigenvalue weighted by Gasteiger charge is -2.11. The van der Waals surface area contributed by atoms with Crippen LogP contribution in [0.15, 0.2) is 40.9 Å². The van der Waals surface area contributed by atoms with Gasteiger partial charge in [0.15, 0.2) is 6.10 Å². The van der Waals surface area contributed by atoms with Crippen molar-refractivity contribution in [3.63, 3.8) is 0 Å². The number of aromatic nitrogens is 4. The summed E-state index contributed by atoms with van der Waals surface area (Å²) in [6.45, 7) is 3.69. The smallest absolute Gasteiger partial charge is 0.267 e. The van der Waals surface area contributed by atoms with Crippen LogP contribution in [-0.2, 0) is 0 Å². The van der Waals surface area contributed by atoms with Crippen LogP contribution >= 0.6 is 0 Å². The summed E-state index contributed by atoms with van der Waals surface area (Å²) in [5, 5.41) is 11.9. The first-order valence-corrected chi connectivity index (χ1v) is 7.11. The van der Waals surface area contributed by atoms with Gasteiger partial charge in [-0.15, -0.1) is 5.10 Å². The Balaban J connectivity index is 1.75. The zero-order chi connectivity index (χ0) is 16.2. The molecule has 0 aliphatic rings. The SMILES string of the molecule is COc1cccc(O[C@H](C)c2nc(-c3ccc(C)nn3)no2)c1. The first kappa shape index (κ1) is 15.0. The molecule has 0 fully saturated rings. The van der Waals surface area contributed by atoms with E-state index in [1.165, 1.54) is 0 Å². The fraction of sp³-hybridized carbons (Fsp3) is 0.250. The van der Waals surface area contributed by atoms with Crippen LogP contribution in [0.4, 0.5) is 0 Å². The molecule has 0 radical (unpaired) electrons. The first-order chi connectivity index (χ1) is 11.2. The van der Waals surface area contributed by atoms with Gasteiger partial charge in [-0.1, -0.05) is 11.2 Å². The highest BCUT2D eigenvalue weighted by Gasteiger charge is 2.18. The van der Waals surface area contributed by atoms with Gasteiger partial charge in [0.25, 0.3) is 5.89 Å². The van der Waals surface area contributed by atoms with Gasteiger partial charge in [0.05, 0.1) is 12.8 Å². The van der Waals surface area contributed by atoms with Gasteiger partial charge in [0.1, 0.15) is 17.2 Å². The van der Waals surface area contributed by atoms with Crippen molar-refractivity contribution in [2.45, 2.75) is 20.0 Å². The van der Waals surface area contributed by atoms with Crippen LogP contribution in [0.3, 0.4) is 0 Å². The Morgan fingerprint density at radius 3 is 2.65 bits per heavy atom. The maximum absolute atomic E-state index is 5.80. The molecular formula is C16H16N4O3. The molecule has 0 saturated carbocycles. The van der Waals surface area contributed by atoms with Crippen molar-refractivity contribution < 1.29 is 14.0 Å². The molecule has 0 saturated heterocycles. The Kier molecular flexibility index (Phi) is 4.18. The molecule has 7 heteroatoms. The van der Waals surface area contributed by atoms with Gasteiger partial charge < -0.3 is 14.0 Å². The summed E-state index contributed by atoms with van der Waals surface area (Å²) < 4.78 is 16.2. The van der Waals surface area contributed by atoms with Gasteiger partial charge in [-0.05, 0) is 38.1 Å². The van der Waals surface area contributed by atoms with E-state index in [0.29, 0.717) is 23.2 Å². The van der Waals surface area contributed by atoms with E-state index in [1.807, 2.05) is 38.1 Å². The van der Waals surface area contributed by atoms with E-state index in [-0.39, 0.29) is 0 Å². The molecule has 0 N–H and O–H groups in total. The summed E-state index contributed by atoms with van der Waals surface area (Å²) >= 11 is 0. The number of rotatable bonds is 5. The molecule has 0 aliphatic heterocycles. The summed E-state index contributed by atoms with van der Waals surface area (Å²) in [7, 11) is 1.61. The number of ether oxygens (including phenoxy) is 2. The van der Waals surface area contributed by atoms with Crippen LogP contribution in [0.25, 0.3) is 11.5 Å². The fourth-order valence-corrected chi connectivity index (χ4v) is 1.95. The number of benzene rings is 1. The minimum atomic E-state index is -0.401. The van der Waals surface area contributed by atoms with Crippen LogP contribution in [0, 0.1) is 6.92 Å². The minimum Gasteiger partial charge on any atom is -0.497 e. The summed E-state index contributed by atoms with van der Waals surface area (Å²) in [5.74, 6) is 2.13. The van der Waals surface area contributed by atoms with E-state index >= 15 is 0 Å². The number of methoxy groups -OCH3 is 1. The maximum Gasteiger partial charge on any atom is 0.267 e. The lowest BCUT2D eigenvalue weighted by Crippen LogP contribution is -2.03. The highest BCUT2D eigenvalue weighted by Crippen LogP contribution is 2.25. The van der Waals surface area contributed by atoms with Gasteiger partial charge in [-0.3, -0.25) is 0 Å². The van der Waals surface area contributed by atoms with Gasteiger partial charge in [-0.2, -0.15) is 10.1 Å². The van der Waals surface area contributed by atoms with Crippen molar-refractivity contribution in [1.29, 1.82) is 0 Å². The Morgan fingerprint density at radius 1 is 1.09 bits per heavy atom. The van der Waals surface area contributed by atoms with Crippen LogP contribution in [0.5, 0.6) is 11.5 Å². The zero-order valence-corrected chi connectivity index (χ0v) is 13.1. The molecule has 23 heavy (non-hydrogen) atoms. The van der Waals surface area contributed by atoms with Crippen molar-refractivity contribution in [2.24, 2.45) is 0 Å². The Morgan fingerprint density at radius 2 is 1.91 bits per heavy atom. The van der Waals surface area contributed by atoms with E-state index in [9.17, 15) is 0 Å². The van der Waals surface area contributed by atoms with E-state index in [1.54, 1.807) is 19.2 Å². The monoisotopic (exact) mass is 312 g/mol. The van der Waals surface area contributed by atoms with Crippen LogP contribution in [-0.4, -0.2) is 27.4 Å². The van der Waals surface area contributed by atoms with Crippen LogP contribution in [0.2, 0.25) is 0 Å². The number of aryl methyl sites for hydroxylation is 1. The number of hydrogen-bond donors (Lipinski definition) is 0. The normalized spacial score (nSPS) is 12.0. The molecule has 3 aromatic rings. The van der Waals surface area contributed by atoms with Crippen LogP contribution in [0.1, 0.15) is 24.6 Å². The minimum absolute atomic E-state index is 0.366. The molecule has 0 aliphatic carbocycles. The Hall–Kier alpha value is -2.96.